The molecule has 4 nitrogen and oxygen atoms in total. The molecule has 1 atom stereocenters. The maximum atomic E-state index is 10.2. The largest absolute Gasteiger partial charge is 0.368 e. The second kappa shape index (κ2) is 3.06. The second-order valence-corrected chi connectivity index (χ2v) is 1.82. The minimum atomic E-state index is -0.567. The van der Waals surface area contributed by atoms with Crippen LogP contribution >= 0.6 is 0 Å². The molecule has 0 saturated heterocycles. The highest BCUT2D eigenvalue weighted by molar-refractivity contribution is 5.85. The molecule has 0 aliphatic heterocycles. The van der Waals surface area contributed by atoms with Gasteiger partial charge in [0.05, 0.1) is 0 Å². The average Bonchev–Trinajstić information content (AvgIpc) is 1.63. The molecule has 0 rings (SSSR count). The molecule has 0 radical (unpaired) electrons. The molecule has 0 saturated carbocycles. The molecule has 4 heteroatoms. The molecule has 9 heavy (non-hydrogen) atoms. The molecule has 0 spiro atoms. The van der Waals surface area contributed by atoms with Gasteiger partial charge in [0.2, 0.25) is 11.8 Å². The van der Waals surface area contributed by atoms with Crippen molar-refractivity contribution in [1.82, 2.24) is 5.32 Å². The van der Waals surface area contributed by atoms with Gasteiger partial charge in [-0.3, -0.25) is 9.59 Å². The molecule has 0 bridgehead atoms. The Labute approximate surface area is 53.4 Å². The molecular formula is C5H10N2O2. The zero-order chi connectivity index (χ0) is 7.44. The molecule has 0 fully saturated rings. The Morgan fingerprint density at radius 3 is 2.11 bits per heavy atom. The van der Waals surface area contributed by atoms with Gasteiger partial charge in [0, 0.05) is 6.92 Å². The highest BCUT2D eigenvalue weighted by Gasteiger charge is 2.07. The molecule has 0 aromatic rings. The third-order valence-electron chi connectivity index (χ3n) is 0.847. The molecule has 0 aliphatic rings. The molecule has 52 valence electrons. The maximum absolute atomic E-state index is 10.2. The first-order valence-electron chi connectivity index (χ1n) is 2.60. The predicted molar refractivity (Wildman–Crippen MR) is 32.5 cm³/mol. The fourth-order valence-corrected chi connectivity index (χ4v) is 0.376. The molecule has 2 amide bonds. The maximum Gasteiger partial charge on any atom is 0.239 e. The van der Waals surface area contributed by atoms with E-state index in [-0.39, 0.29) is 5.91 Å². The van der Waals surface area contributed by atoms with Crippen LogP contribution in [-0.4, -0.2) is 17.9 Å². The normalized spacial score (nSPS) is 12.2. The van der Waals surface area contributed by atoms with E-state index in [4.69, 9.17) is 5.73 Å². The first-order valence-corrected chi connectivity index (χ1v) is 2.60. The quantitative estimate of drug-likeness (QED) is 0.503. The van der Waals surface area contributed by atoms with Gasteiger partial charge in [-0.1, -0.05) is 0 Å². The van der Waals surface area contributed by atoms with Gasteiger partial charge in [-0.05, 0) is 6.92 Å². The van der Waals surface area contributed by atoms with Gasteiger partial charge in [0.15, 0.2) is 0 Å². The number of rotatable bonds is 2. The number of carbonyl (C=O) groups excluding carboxylic acids is 2. The van der Waals surface area contributed by atoms with E-state index in [1.54, 1.807) is 0 Å². The summed E-state index contributed by atoms with van der Waals surface area (Å²) in [5, 5.41) is 2.33. The van der Waals surface area contributed by atoms with Crippen LogP contribution in [0.5, 0.6) is 0 Å². The van der Waals surface area contributed by atoms with E-state index in [1.807, 2.05) is 0 Å². The van der Waals surface area contributed by atoms with E-state index in [9.17, 15) is 9.59 Å². The first-order chi connectivity index (χ1) is 4.04. The van der Waals surface area contributed by atoms with Gasteiger partial charge in [0.25, 0.3) is 0 Å². The summed E-state index contributed by atoms with van der Waals surface area (Å²) in [7, 11) is 0. The van der Waals surface area contributed by atoms with Crippen molar-refractivity contribution in [3.8, 4) is 0 Å². The Kier molecular flexibility index (Phi) is 2.70. The Morgan fingerprint density at radius 2 is 2.00 bits per heavy atom. The number of nitrogens with one attached hydrogen (secondary N) is 1. The summed E-state index contributed by atoms with van der Waals surface area (Å²) in [6, 6.07) is -0.567. The summed E-state index contributed by atoms with van der Waals surface area (Å²) >= 11 is 0. The zero-order valence-corrected chi connectivity index (χ0v) is 5.47. The minimum absolute atomic E-state index is 0.249. The van der Waals surface area contributed by atoms with E-state index in [0.29, 0.717) is 0 Å². The number of hydrogen-bond acceptors (Lipinski definition) is 2. The van der Waals surface area contributed by atoms with Crippen molar-refractivity contribution in [1.29, 1.82) is 0 Å². The van der Waals surface area contributed by atoms with Gasteiger partial charge in [0.1, 0.15) is 6.04 Å². The lowest BCUT2D eigenvalue weighted by Crippen LogP contribution is -2.41. The lowest BCUT2D eigenvalue weighted by molar-refractivity contribution is -0.125. The highest BCUT2D eigenvalue weighted by Crippen LogP contribution is 1.76. The van der Waals surface area contributed by atoms with Crippen LogP contribution in [0.2, 0.25) is 0 Å². The summed E-state index contributed by atoms with van der Waals surface area (Å²) in [5.41, 5.74) is 4.83. The van der Waals surface area contributed by atoms with Crippen LogP contribution in [-0.2, 0) is 9.59 Å². The standard InChI is InChI=1S/C5H10N2O2/c1-3(5(6)9)7-4(2)8/h3H,1-2H3,(H2,6,9)(H,7,8)/t3-/m0/s1. The minimum Gasteiger partial charge on any atom is -0.368 e. The van der Waals surface area contributed by atoms with Crippen LogP contribution in [0.3, 0.4) is 0 Å². The van der Waals surface area contributed by atoms with Gasteiger partial charge < -0.3 is 11.1 Å². The Morgan fingerprint density at radius 1 is 1.56 bits per heavy atom. The van der Waals surface area contributed by atoms with Crippen LogP contribution in [0, 0.1) is 0 Å². The summed E-state index contributed by atoms with van der Waals surface area (Å²) in [6.45, 7) is 2.86. The molecule has 0 aromatic carbocycles. The summed E-state index contributed by atoms with van der Waals surface area (Å²) in [4.78, 5) is 20.5. The number of amides is 2. The smallest absolute Gasteiger partial charge is 0.239 e. The average molecular weight is 130 g/mol. The van der Waals surface area contributed by atoms with Crippen LogP contribution in [0.1, 0.15) is 13.8 Å². The number of carbonyl (C=O) groups is 2. The fourth-order valence-electron chi connectivity index (χ4n) is 0.376. The van der Waals surface area contributed by atoms with Crippen LogP contribution in [0.25, 0.3) is 0 Å². The molecule has 0 aromatic heterocycles. The molecule has 0 heterocycles. The molecule has 0 aliphatic carbocycles. The van der Waals surface area contributed by atoms with E-state index in [1.165, 1.54) is 13.8 Å². The first kappa shape index (κ1) is 7.94. The van der Waals surface area contributed by atoms with Crippen molar-refractivity contribution in [3.05, 3.63) is 0 Å². The van der Waals surface area contributed by atoms with Crippen molar-refractivity contribution in [2.24, 2.45) is 5.73 Å². The van der Waals surface area contributed by atoms with E-state index >= 15 is 0 Å². The topological polar surface area (TPSA) is 72.2 Å². The number of hydrogen-bond donors (Lipinski definition) is 2. The summed E-state index contributed by atoms with van der Waals surface area (Å²) < 4.78 is 0. The number of nitrogens with two attached hydrogens (primary N) is 1. The van der Waals surface area contributed by atoms with Gasteiger partial charge in [-0.25, -0.2) is 0 Å². The fraction of sp³-hybridized carbons (Fsp3) is 0.600. The van der Waals surface area contributed by atoms with Gasteiger partial charge in [-0.2, -0.15) is 0 Å². The molecule has 0 unspecified atom stereocenters. The van der Waals surface area contributed by atoms with E-state index in [0.717, 1.165) is 0 Å². The monoisotopic (exact) mass is 130 g/mol. The number of primary amides is 1. The lowest BCUT2D eigenvalue weighted by Gasteiger charge is -2.05. The van der Waals surface area contributed by atoms with Crippen molar-refractivity contribution in [2.45, 2.75) is 19.9 Å². The summed E-state index contributed by atoms with van der Waals surface area (Å²) in [6.07, 6.45) is 0. The van der Waals surface area contributed by atoms with Crippen molar-refractivity contribution in [2.75, 3.05) is 0 Å². The summed E-state index contributed by atoms with van der Waals surface area (Å²) in [5.74, 6) is -0.772. The second-order valence-electron chi connectivity index (χ2n) is 1.82. The third kappa shape index (κ3) is 3.52. The SMILES string of the molecule is CC(=O)N[C@@H](C)C(N)=O. The Hall–Kier alpha value is -1.06. The van der Waals surface area contributed by atoms with E-state index < -0.39 is 11.9 Å². The van der Waals surface area contributed by atoms with Gasteiger partial charge >= 0.3 is 0 Å². The predicted octanol–water partition coefficient (Wildman–Crippen LogP) is -1.00. The van der Waals surface area contributed by atoms with Gasteiger partial charge in [-0.15, -0.1) is 0 Å². The van der Waals surface area contributed by atoms with Crippen molar-refractivity contribution >= 4 is 11.8 Å². The van der Waals surface area contributed by atoms with Crippen molar-refractivity contribution < 1.29 is 9.59 Å². The van der Waals surface area contributed by atoms with Crippen LogP contribution in [0.4, 0.5) is 0 Å². The molecular weight excluding hydrogens is 120 g/mol. The lowest BCUT2D eigenvalue weighted by atomic mass is 10.3. The molecule has 3 N–H and O–H groups in total. The third-order valence-corrected chi connectivity index (χ3v) is 0.847. The Bertz CT molecular complexity index is 133. The van der Waals surface area contributed by atoms with E-state index in [2.05, 4.69) is 5.32 Å². The van der Waals surface area contributed by atoms with Crippen LogP contribution in [0.15, 0.2) is 0 Å². The highest BCUT2D eigenvalue weighted by atomic mass is 16.2. The Balaban J connectivity index is 3.63. The van der Waals surface area contributed by atoms with Crippen molar-refractivity contribution in [3.63, 3.8) is 0 Å². The zero-order valence-electron chi connectivity index (χ0n) is 5.47. The van der Waals surface area contributed by atoms with Crippen LogP contribution < -0.4 is 11.1 Å².